The number of ether oxygens (including phenoxy) is 2. The molecule has 0 aliphatic heterocycles. The molecule has 0 saturated heterocycles. The average Bonchev–Trinajstić information content (AvgIpc) is 3.08. The Kier molecular flexibility index (Phi) is 6.89. The molecular weight excluding hydrogens is 356 g/mol. The molecule has 0 aliphatic rings. The molecule has 0 N–H and O–H groups in total. The van der Waals surface area contributed by atoms with Gasteiger partial charge < -0.3 is 13.9 Å². The number of hydrogen-bond donors (Lipinski definition) is 0. The van der Waals surface area contributed by atoms with Gasteiger partial charge in [-0.3, -0.25) is 0 Å². The van der Waals surface area contributed by atoms with E-state index in [0.29, 0.717) is 17.2 Å². The van der Waals surface area contributed by atoms with Crippen LogP contribution in [0, 0.1) is 0 Å². The summed E-state index contributed by atoms with van der Waals surface area (Å²) in [6, 6.07) is 16.6. The predicted octanol–water partition coefficient (Wildman–Crippen LogP) is 5.36. The second kappa shape index (κ2) is 9.78. The van der Waals surface area contributed by atoms with E-state index in [4.69, 9.17) is 13.9 Å². The number of benzene rings is 2. The third-order valence-electron chi connectivity index (χ3n) is 4.42. The minimum Gasteiger partial charge on any atom is -0.457 e. The molecule has 0 aliphatic carbocycles. The molecule has 2 aromatic carbocycles. The van der Waals surface area contributed by atoms with Crippen LogP contribution >= 0.6 is 0 Å². The molecule has 0 bridgehead atoms. The van der Waals surface area contributed by atoms with E-state index >= 15 is 0 Å². The van der Waals surface area contributed by atoms with Crippen molar-refractivity contribution in [3.05, 3.63) is 65.1 Å². The van der Waals surface area contributed by atoms with Gasteiger partial charge in [-0.1, -0.05) is 56.1 Å². The summed E-state index contributed by atoms with van der Waals surface area (Å²) in [5, 5.41) is 4.20. The number of unbranched alkanes of at least 4 members (excludes halogenated alkanes) is 2. The van der Waals surface area contributed by atoms with Crippen LogP contribution < -0.4 is 15.2 Å². The van der Waals surface area contributed by atoms with Crippen LogP contribution in [0.2, 0.25) is 0 Å². The third kappa shape index (κ3) is 5.25. The van der Waals surface area contributed by atoms with E-state index < -0.39 is 5.76 Å². The normalized spacial score (nSPS) is 11.9. The van der Waals surface area contributed by atoms with Crippen molar-refractivity contribution in [1.29, 1.82) is 0 Å². The largest absolute Gasteiger partial charge is 0.457 e. The maximum absolute atomic E-state index is 12.3. The number of rotatable bonds is 10. The molecule has 3 aromatic rings. The summed E-state index contributed by atoms with van der Waals surface area (Å²) in [5.74, 6) is 0.733. The highest BCUT2D eigenvalue weighted by Crippen LogP contribution is 2.23. The minimum atomic E-state index is -0.588. The van der Waals surface area contributed by atoms with E-state index in [0.717, 1.165) is 32.1 Å². The van der Waals surface area contributed by atoms with Crippen molar-refractivity contribution in [2.45, 2.75) is 52.1 Å². The average molecular weight is 382 g/mol. The summed E-state index contributed by atoms with van der Waals surface area (Å²) in [5.41, 5.74) is 0.552. The van der Waals surface area contributed by atoms with Crippen molar-refractivity contribution < 1.29 is 13.9 Å². The third-order valence-corrected chi connectivity index (χ3v) is 4.42. The Balaban J connectivity index is 1.73. The number of para-hydroxylation sites is 1. The molecule has 1 unspecified atom stereocenters. The molecule has 6 heteroatoms. The van der Waals surface area contributed by atoms with E-state index in [2.05, 4.69) is 18.9 Å². The molecule has 0 amide bonds. The van der Waals surface area contributed by atoms with E-state index in [1.807, 2.05) is 36.4 Å². The lowest BCUT2D eigenvalue weighted by molar-refractivity contribution is 0.130. The summed E-state index contributed by atoms with van der Waals surface area (Å²) in [6.07, 6.45) is 5.14. The predicted molar refractivity (Wildman–Crippen MR) is 107 cm³/mol. The fraction of sp³-hybridized carbons (Fsp3) is 0.364. The number of aromatic nitrogens is 2. The monoisotopic (exact) mass is 382 g/mol. The Hall–Kier alpha value is -3.02. The van der Waals surface area contributed by atoms with E-state index in [9.17, 15) is 4.79 Å². The highest BCUT2D eigenvalue weighted by atomic mass is 16.6. The maximum atomic E-state index is 12.3. The van der Waals surface area contributed by atoms with Crippen LogP contribution in [0.1, 0.15) is 46.0 Å². The van der Waals surface area contributed by atoms with E-state index in [1.54, 1.807) is 18.2 Å². The van der Waals surface area contributed by atoms with Crippen LogP contribution in [-0.4, -0.2) is 15.9 Å². The Morgan fingerprint density at radius 2 is 1.82 bits per heavy atom. The molecule has 148 valence electrons. The highest BCUT2D eigenvalue weighted by Gasteiger charge is 2.16. The first-order valence-corrected chi connectivity index (χ1v) is 9.79. The molecule has 3 rings (SSSR count). The zero-order valence-corrected chi connectivity index (χ0v) is 16.3. The minimum absolute atomic E-state index is 0.00253. The summed E-state index contributed by atoms with van der Waals surface area (Å²) < 4.78 is 18.0. The zero-order chi connectivity index (χ0) is 19.8. The summed E-state index contributed by atoms with van der Waals surface area (Å²) in [6.45, 7) is 4.22. The summed E-state index contributed by atoms with van der Waals surface area (Å²) in [7, 11) is 0. The molecule has 1 atom stereocenters. The first-order chi connectivity index (χ1) is 13.7. The Morgan fingerprint density at radius 1 is 1.04 bits per heavy atom. The van der Waals surface area contributed by atoms with Crippen LogP contribution in [0.4, 0.5) is 0 Å². The van der Waals surface area contributed by atoms with Gasteiger partial charge in [0.15, 0.2) is 0 Å². The first kappa shape index (κ1) is 19.7. The molecule has 6 nitrogen and oxygen atoms in total. The molecule has 0 spiro atoms. The lowest BCUT2D eigenvalue weighted by Crippen LogP contribution is -2.15. The van der Waals surface area contributed by atoms with Crippen LogP contribution in [0.5, 0.6) is 17.6 Å². The van der Waals surface area contributed by atoms with Gasteiger partial charge in [0.1, 0.15) is 17.6 Å². The van der Waals surface area contributed by atoms with Crippen molar-refractivity contribution in [2.24, 2.45) is 0 Å². The number of nitrogens with zero attached hydrogens (tertiary/aromatic N) is 2. The Labute approximate surface area is 164 Å². The standard InChI is InChI=1S/C22H26N2O4/c1-3-5-7-12-18(4-2)27-21-23-24(22(25)28-21)17-11-10-15-20(16-17)26-19-13-8-6-9-14-19/h6,8-11,13-16,18H,3-5,7,12H2,1-2H3. The topological polar surface area (TPSA) is 66.5 Å². The van der Waals surface area contributed by atoms with Gasteiger partial charge in [-0.2, -0.15) is 4.68 Å². The quantitative estimate of drug-likeness (QED) is 0.442. The maximum Gasteiger partial charge on any atom is 0.444 e. The highest BCUT2D eigenvalue weighted by molar-refractivity contribution is 5.40. The molecule has 1 aromatic heterocycles. The van der Waals surface area contributed by atoms with Crippen molar-refractivity contribution in [3.63, 3.8) is 0 Å². The second-order valence-corrected chi connectivity index (χ2v) is 6.60. The second-order valence-electron chi connectivity index (χ2n) is 6.60. The van der Waals surface area contributed by atoms with Crippen LogP contribution in [-0.2, 0) is 0 Å². The van der Waals surface area contributed by atoms with Gasteiger partial charge in [-0.25, -0.2) is 4.79 Å². The Bertz CT molecular complexity index is 918. The van der Waals surface area contributed by atoms with Crippen molar-refractivity contribution in [1.82, 2.24) is 9.78 Å². The summed E-state index contributed by atoms with van der Waals surface area (Å²) in [4.78, 5) is 12.3. The SMILES string of the molecule is CCCCCC(CC)Oc1nn(-c2cccc(Oc3ccccc3)c2)c(=O)o1. The van der Waals surface area contributed by atoms with Crippen molar-refractivity contribution in [3.8, 4) is 23.3 Å². The van der Waals surface area contributed by atoms with Gasteiger partial charge in [0.05, 0.1) is 5.69 Å². The van der Waals surface area contributed by atoms with Gasteiger partial charge >= 0.3 is 11.8 Å². The molecule has 28 heavy (non-hydrogen) atoms. The van der Waals surface area contributed by atoms with Gasteiger partial charge in [-0.05, 0) is 43.5 Å². The fourth-order valence-electron chi connectivity index (χ4n) is 2.89. The molecule has 0 radical (unpaired) electrons. The van der Waals surface area contributed by atoms with Gasteiger partial charge in [0, 0.05) is 6.07 Å². The smallest absolute Gasteiger partial charge is 0.444 e. The Morgan fingerprint density at radius 3 is 2.57 bits per heavy atom. The fourth-order valence-corrected chi connectivity index (χ4v) is 2.89. The molecule has 0 fully saturated rings. The molecular formula is C22H26N2O4. The summed E-state index contributed by atoms with van der Waals surface area (Å²) >= 11 is 0. The molecule has 0 saturated carbocycles. The molecule has 1 heterocycles. The van der Waals surface area contributed by atoms with E-state index in [1.165, 1.54) is 4.68 Å². The van der Waals surface area contributed by atoms with Gasteiger partial charge in [0.2, 0.25) is 0 Å². The van der Waals surface area contributed by atoms with Crippen LogP contribution in [0.15, 0.2) is 63.8 Å². The van der Waals surface area contributed by atoms with Crippen LogP contribution in [0.25, 0.3) is 5.69 Å². The van der Waals surface area contributed by atoms with Gasteiger partial charge in [0.25, 0.3) is 0 Å². The van der Waals surface area contributed by atoms with Crippen molar-refractivity contribution >= 4 is 0 Å². The van der Waals surface area contributed by atoms with E-state index in [-0.39, 0.29) is 12.2 Å². The van der Waals surface area contributed by atoms with Gasteiger partial charge in [-0.15, -0.1) is 0 Å². The lowest BCUT2D eigenvalue weighted by atomic mass is 10.1. The van der Waals surface area contributed by atoms with Crippen molar-refractivity contribution in [2.75, 3.05) is 0 Å². The van der Waals surface area contributed by atoms with Crippen LogP contribution in [0.3, 0.4) is 0 Å². The zero-order valence-electron chi connectivity index (χ0n) is 16.3. The number of hydrogen-bond acceptors (Lipinski definition) is 5. The first-order valence-electron chi connectivity index (χ1n) is 9.79. The lowest BCUT2D eigenvalue weighted by Gasteiger charge is -2.13.